The van der Waals surface area contributed by atoms with Gasteiger partial charge in [-0.25, -0.2) is 4.98 Å². The predicted octanol–water partition coefficient (Wildman–Crippen LogP) is 4.66. The Hall–Kier alpha value is -2.53. The van der Waals surface area contributed by atoms with E-state index in [1.807, 2.05) is 25.1 Å². The molecule has 0 amide bonds. The van der Waals surface area contributed by atoms with Gasteiger partial charge in [-0.15, -0.1) is 0 Å². The summed E-state index contributed by atoms with van der Waals surface area (Å²) in [5.74, 6) is 1.83. The maximum atomic E-state index is 6.09. The van der Waals surface area contributed by atoms with Crippen LogP contribution in [0.5, 0.6) is 11.5 Å². The van der Waals surface area contributed by atoms with Crippen molar-refractivity contribution in [1.82, 2.24) is 9.97 Å². The summed E-state index contributed by atoms with van der Waals surface area (Å²) in [5.41, 5.74) is 3.97. The van der Waals surface area contributed by atoms with E-state index in [9.17, 15) is 0 Å². The van der Waals surface area contributed by atoms with Crippen molar-refractivity contribution in [2.75, 3.05) is 19.5 Å². The maximum Gasteiger partial charge on any atom is 0.224 e. The highest BCUT2D eigenvalue weighted by atomic mass is 35.5. The normalized spacial score (nSPS) is 10.7. The lowest BCUT2D eigenvalue weighted by Crippen LogP contribution is -2.00. The number of hydrogen-bond donors (Lipinski definition) is 1. The second-order valence-corrected chi connectivity index (χ2v) is 5.85. The summed E-state index contributed by atoms with van der Waals surface area (Å²) in [6.07, 6.45) is 0. The van der Waals surface area contributed by atoms with Gasteiger partial charge in [-0.3, -0.25) is 0 Å². The van der Waals surface area contributed by atoms with Crippen LogP contribution in [0.4, 0.5) is 11.5 Å². The number of benzene rings is 2. The Bertz CT molecular complexity index is 912. The molecule has 1 heterocycles. The van der Waals surface area contributed by atoms with Crippen molar-refractivity contribution in [2.45, 2.75) is 13.8 Å². The lowest BCUT2D eigenvalue weighted by molar-refractivity contribution is 0.356. The summed E-state index contributed by atoms with van der Waals surface area (Å²) in [4.78, 5) is 8.62. The van der Waals surface area contributed by atoms with Crippen LogP contribution in [0.3, 0.4) is 0 Å². The molecule has 0 fully saturated rings. The van der Waals surface area contributed by atoms with Gasteiger partial charge in [0.2, 0.25) is 5.28 Å². The number of anilines is 2. The number of aromatic nitrogens is 2. The average Bonchev–Trinajstić information content (AvgIpc) is 2.56. The number of rotatable bonds is 4. The fourth-order valence-electron chi connectivity index (χ4n) is 2.60. The van der Waals surface area contributed by atoms with E-state index in [2.05, 4.69) is 28.3 Å². The monoisotopic (exact) mass is 343 g/mol. The Morgan fingerprint density at radius 3 is 2.33 bits per heavy atom. The molecule has 0 aliphatic heterocycles. The molecule has 0 radical (unpaired) electrons. The number of halogens is 1. The third-order valence-corrected chi connectivity index (χ3v) is 3.98. The van der Waals surface area contributed by atoms with E-state index in [0.29, 0.717) is 22.8 Å². The molecular weight excluding hydrogens is 326 g/mol. The summed E-state index contributed by atoms with van der Waals surface area (Å²) < 4.78 is 10.7. The molecule has 0 saturated heterocycles. The van der Waals surface area contributed by atoms with Gasteiger partial charge in [0.05, 0.1) is 19.7 Å². The van der Waals surface area contributed by atoms with E-state index in [1.165, 1.54) is 5.56 Å². The molecule has 1 N–H and O–H groups in total. The number of hydrogen-bond acceptors (Lipinski definition) is 5. The zero-order valence-electron chi connectivity index (χ0n) is 14.0. The third kappa shape index (κ3) is 3.08. The Labute approximate surface area is 145 Å². The van der Waals surface area contributed by atoms with Crippen LogP contribution in [-0.2, 0) is 0 Å². The Balaban J connectivity index is 2.15. The molecule has 1 aromatic heterocycles. The van der Waals surface area contributed by atoms with Crippen molar-refractivity contribution >= 4 is 34.0 Å². The predicted molar refractivity (Wildman–Crippen MR) is 96.9 cm³/mol. The van der Waals surface area contributed by atoms with Crippen LogP contribution in [0.15, 0.2) is 30.3 Å². The van der Waals surface area contributed by atoms with Crippen molar-refractivity contribution < 1.29 is 9.47 Å². The molecule has 124 valence electrons. The van der Waals surface area contributed by atoms with Gasteiger partial charge in [-0.05, 0) is 43.1 Å². The molecule has 0 atom stereocenters. The maximum absolute atomic E-state index is 6.09. The lowest BCUT2D eigenvalue weighted by atomic mass is 10.1. The minimum Gasteiger partial charge on any atom is -0.493 e. The first-order valence-electron chi connectivity index (χ1n) is 7.45. The molecule has 24 heavy (non-hydrogen) atoms. The summed E-state index contributed by atoms with van der Waals surface area (Å²) in [7, 11) is 3.18. The van der Waals surface area contributed by atoms with Crippen molar-refractivity contribution in [3.63, 3.8) is 0 Å². The average molecular weight is 344 g/mol. The third-order valence-electron chi connectivity index (χ3n) is 3.81. The van der Waals surface area contributed by atoms with E-state index >= 15 is 0 Å². The standard InChI is InChI=1S/C18H18ClN3O2/c1-10-5-6-13(11(2)7-10)20-17-12-8-15(23-3)16(24-4)9-14(12)21-18(19)22-17/h5-9H,1-4H3,(H,20,21,22). The first kappa shape index (κ1) is 16.3. The molecule has 3 aromatic rings. The smallest absolute Gasteiger partial charge is 0.224 e. The van der Waals surface area contributed by atoms with E-state index in [1.54, 1.807) is 20.3 Å². The summed E-state index contributed by atoms with van der Waals surface area (Å²) in [5, 5.41) is 4.31. The minimum atomic E-state index is 0.169. The van der Waals surface area contributed by atoms with Crippen molar-refractivity contribution in [3.05, 3.63) is 46.7 Å². The molecule has 0 aliphatic rings. The molecule has 3 rings (SSSR count). The number of aryl methyl sites for hydroxylation is 2. The Kier molecular flexibility index (Phi) is 4.44. The van der Waals surface area contributed by atoms with Gasteiger partial charge < -0.3 is 14.8 Å². The molecule has 0 bridgehead atoms. The quantitative estimate of drug-likeness (QED) is 0.698. The van der Waals surface area contributed by atoms with Gasteiger partial charge in [0.25, 0.3) is 0 Å². The van der Waals surface area contributed by atoms with Crippen LogP contribution in [-0.4, -0.2) is 24.2 Å². The second-order valence-electron chi connectivity index (χ2n) is 5.51. The topological polar surface area (TPSA) is 56.3 Å². The van der Waals surface area contributed by atoms with Gasteiger partial charge in [0, 0.05) is 17.1 Å². The highest BCUT2D eigenvalue weighted by Gasteiger charge is 2.13. The molecule has 6 heteroatoms. The van der Waals surface area contributed by atoms with Crippen LogP contribution in [0.25, 0.3) is 10.9 Å². The highest BCUT2D eigenvalue weighted by molar-refractivity contribution is 6.28. The SMILES string of the molecule is COc1cc2nc(Cl)nc(Nc3ccc(C)cc3C)c2cc1OC. The van der Waals surface area contributed by atoms with E-state index in [-0.39, 0.29) is 5.28 Å². The van der Waals surface area contributed by atoms with Crippen molar-refractivity contribution in [2.24, 2.45) is 0 Å². The summed E-state index contributed by atoms with van der Waals surface area (Å²) >= 11 is 6.09. The number of methoxy groups -OCH3 is 2. The lowest BCUT2D eigenvalue weighted by Gasteiger charge is -2.14. The van der Waals surface area contributed by atoms with Crippen LogP contribution in [0, 0.1) is 13.8 Å². The summed E-state index contributed by atoms with van der Waals surface area (Å²) in [6, 6.07) is 9.80. The van der Waals surface area contributed by atoms with Gasteiger partial charge in [-0.1, -0.05) is 17.7 Å². The fourth-order valence-corrected chi connectivity index (χ4v) is 2.78. The minimum absolute atomic E-state index is 0.169. The Morgan fingerprint density at radius 1 is 0.958 bits per heavy atom. The number of nitrogens with one attached hydrogen (secondary N) is 1. The first-order valence-corrected chi connectivity index (χ1v) is 7.83. The van der Waals surface area contributed by atoms with Gasteiger partial charge >= 0.3 is 0 Å². The van der Waals surface area contributed by atoms with E-state index in [0.717, 1.165) is 16.6 Å². The largest absolute Gasteiger partial charge is 0.493 e. The zero-order chi connectivity index (χ0) is 17.3. The number of fused-ring (bicyclic) bond motifs is 1. The van der Waals surface area contributed by atoms with Gasteiger partial charge in [0.15, 0.2) is 11.5 Å². The van der Waals surface area contributed by atoms with E-state index < -0.39 is 0 Å². The van der Waals surface area contributed by atoms with Crippen LogP contribution >= 0.6 is 11.6 Å². The fraction of sp³-hybridized carbons (Fsp3) is 0.222. The number of ether oxygens (including phenoxy) is 2. The molecular formula is C18H18ClN3O2. The van der Waals surface area contributed by atoms with Crippen LogP contribution in [0.1, 0.15) is 11.1 Å². The van der Waals surface area contributed by atoms with Crippen molar-refractivity contribution in [3.8, 4) is 11.5 Å². The highest BCUT2D eigenvalue weighted by Crippen LogP contribution is 2.35. The molecule has 0 spiro atoms. The van der Waals surface area contributed by atoms with E-state index in [4.69, 9.17) is 21.1 Å². The number of nitrogens with zero attached hydrogens (tertiary/aromatic N) is 2. The van der Waals surface area contributed by atoms with Crippen LogP contribution in [0.2, 0.25) is 5.28 Å². The Morgan fingerprint density at radius 2 is 1.67 bits per heavy atom. The molecule has 2 aromatic carbocycles. The van der Waals surface area contributed by atoms with Gasteiger partial charge in [-0.2, -0.15) is 4.98 Å². The molecule has 0 aliphatic carbocycles. The summed E-state index contributed by atoms with van der Waals surface area (Å²) in [6.45, 7) is 4.11. The molecule has 0 unspecified atom stereocenters. The molecule has 0 saturated carbocycles. The zero-order valence-corrected chi connectivity index (χ0v) is 14.7. The van der Waals surface area contributed by atoms with Gasteiger partial charge in [0.1, 0.15) is 5.82 Å². The van der Waals surface area contributed by atoms with Crippen LogP contribution < -0.4 is 14.8 Å². The molecule has 5 nitrogen and oxygen atoms in total. The second kappa shape index (κ2) is 6.53. The first-order chi connectivity index (χ1) is 11.5. The van der Waals surface area contributed by atoms with Crippen molar-refractivity contribution in [1.29, 1.82) is 0 Å².